The van der Waals surface area contributed by atoms with Gasteiger partial charge < -0.3 is 14.7 Å². The van der Waals surface area contributed by atoms with Crippen molar-refractivity contribution in [2.75, 3.05) is 24.7 Å². The standard InChI is InChI=1S/C14H19NO3/c1-10-3-4-13(11(2)7-10)15-5-6-18-9-12(15)8-14(16)17/h3-4,7,12H,5-6,8-9H2,1-2H3,(H,16,17). The van der Waals surface area contributed by atoms with E-state index in [1.807, 2.05) is 0 Å². The first-order valence-electron chi connectivity index (χ1n) is 6.21. The van der Waals surface area contributed by atoms with Gasteiger partial charge in [-0.15, -0.1) is 0 Å². The minimum atomic E-state index is -0.778. The maximum atomic E-state index is 10.9. The number of hydrogen-bond donors (Lipinski definition) is 1. The lowest BCUT2D eigenvalue weighted by molar-refractivity contribution is -0.138. The van der Waals surface area contributed by atoms with E-state index in [1.165, 1.54) is 11.1 Å². The number of hydrogen-bond acceptors (Lipinski definition) is 3. The van der Waals surface area contributed by atoms with Crippen LogP contribution in [0.5, 0.6) is 0 Å². The number of ether oxygens (including phenoxy) is 1. The lowest BCUT2D eigenvalue weighted by Crippen LogP contribution is -2.47. The normalized spacial score (nSPS) is 19.9. The Morgan fingerprint density at radius 3 is 2.94 bits per heavy atom. The lowest BCUT2D eigenvalue weighted by atomic mass is 10.1. The van der Waals surface area contributed by atoms with Crippen molar-refractivity contribution in [1.82, 2.24) is 0 Å². The molecule has 0 bridgehead atoms. The SMILES string of the molecule is Cc1ccc(N2CCOCC2CC(=O)O)c(C)c1. The first kappa shape index (κ1) is 12.9. The molecule has 1 aromatic rings. The Bertz CT molecular complexity index is 445. The molecule has 4 nitrogen and oxygen atoms in total. The average molecular weight is 249 g/mol. The molecule has 1 unspecified atom stereocenters. The van der Waals surface area contributed by atoms with E-state index in [0.29, 0.717) is 13.2 Å². The summed E-state index contributed by atoms with van der Waals surface area (Å²) in [5.74, 6) is -0.778. The lowest BCUT2D eigenvalue weighted by Gasteiger charge is -2.37. The number of carbonyl (C=O) groups is 1. The number of aliphatic carboxylic acids is 1. The monoisotopic (exact) mass is 249 g/mol. The Morgan fingerprint density at radius 2 is 2.28 bits per heavy atom. The van der Waals surface area contributed by atoms with Gasteiger partial charge in [-0.3, -0.25) is 4.79 Å². The van der Waals surface area contributed by atoms with Crippen molar-refractivity contribution in [3.63, 3.8) is 0 Å². The average Bonchev–Trinajstić information content (AvgIpc) is 2.30. The third kappa shape index (κ3) is 2.82. The van der Waals surface area contributed by atoms with Crippen LogP contribution in [0, 0.1) is 13.8 Å². The summed E-state index contributed by atoms with van der Waals surface area (Å²) in [5, 5.41) is 8.96. The molecule has 1 aliphatic rings. The number of rotatable bonds is 3. The second-order valence-electron chi connectivity index (χ2n) is 4.81. The number of anilines is 1. The van der Waals surface area contributed by atoms with Gasteiger partial charge in [-0.2, -0.15) is 0 Å². The maximum absolute atomic E-state index is 10.9. The molecular formula is C14H19NO3. The van der Waals surface area contributed by atoms with Crippen molar-refractivity contribution in [2.45, 2.75) is 26.3 Å². The summed E-state index contributed by atoms with van der Waals surface area (Å²) in [4.78, 5) is 13.1. The summed E-state index contributed by atoms with van der Waals surface area (Å²) < 4.78 is 5.39. The van der Waals surface area contributed by atoms with Gasteiger partial charge in [-0.25, -0.2) is 0 Å². The molecule has 1 saturated heterocycles. The zero-order chi connectivity index (χ0) is 13.1. The summed E-state index contributed by atoms with van der Waals surface area (Å²) in [6.07, 6.45) is 0.118. The van der Waals surface area contributed by atoms with E-state index in [-0.39, 0.29) is 12.5 Å². The summed E-state index contributed by atoms with van der Waals surface area (Å²) in [6, 6.07) is 6.20. The van der Waals surface area contributed by atoms with Crippen molar-refractivity contribution in [2.24, 2.45) is 0 Å². The molecule has 1 aliphatic heterocycles. The van der Waals surface area contributed by atoms with Crippen molar-refractivity contribution in [3.8, 4) is 0 Å². The minimum Gasteiger partial charge on any atom is -0.481 e. The molecule has 2 rings (SSSR count). The molecule has 0 spiro atoms. The van der Waals surface area contributed by atoms with Crippen LogP contribution in [0.3, 0.4) is 0 Å². The van der Waals surface area contributed by atoms with Gasteiger partial charge in [0.15, 0.2) is 0 Å². The maximum Gasteiger partial charge on any atom is 0.305 e. The van der Waals surface area contributed by atoms with E-state index < -0.39 is 5.97 Å². The molecule has 1 aromatic carbocycles. The van der Waals surface area contributed by atoms with Gasteiger partial charge in [0.05, 0.1) is 25.7 Å². The number of morpholine rings is 1. The summed E-state index contributed by atoms with van der Waals surface area (Å²) in [5.41, 5.74) is 3.53. The van der Waals surface area contributed by atoms with Gasteiger partial charge in [0.1, 0.15) is 0 Å². The molecule has 0 aromatic heterocycles. The zero-order valence-corrected chi connectivity index (χ0v) is 10.8. The minimum absolute atomic E-state index is 0.0716. The Morgan fingerprint density at radius 1 is 1.50 bits per heavy atom. The van der Waals surface area contributed by atoms with Crippen LogP contribution in [-0.4, -0.2) is 36.9 Å². The molecule has 1 fully saturated rings. The Hall–Kier alpha value is -1.55. The van der Waals surface area contributed by atoms with Crippen LogP contribution >= 0.6 is 0 Å². The number of benzene rings is 1. The number of carboxylic acids is 1. The molecule has 4 heteroatoms. The van der Waals surface area contributed by atoms with E-state index in [2.05, 4.69) is 36.9 Å². The van der Waals surface area contributed by atoms with Gasteiger partial charge in [0.2, 0.25) is 0 Å². The van der Waals surface area contributed by atoms with Crippen molar-refractivity contribution < 1.29 is 14.6 Å². The Balaban J connectivity index is 2.24. The third-order valence-corrected chi connectivity index (χ3v) is 3.30. The van der Waals surface area contributed by atoms with Crippen LogP contribution in [0.15, 0.2) is 18.2 Å². The molecule has 18 heavy (non-hydrogen) atoms. The number of carboxylic acid groups (broad SMARTS) is 1. The summed E-state index contributed by atoms with van der Waals surface area (Å²) >= 11 is 0. The molecule has 0 saturated carbocycles. The molecule has 1 N–H and O–H groups in total. The van der Waals surface area contributed by atoms with E-state index in [0.717, 1.165) is 12.2 Å². The van der Waals surface area contributed by atoms with Gasteiger partial charge in [0.25, 0.3) is 0 Å². The van der Waals surface area contributed by atoms with E-state index in [9.17, 15) is 4.79 Å². The topological polar surface area (TPSA) is 49.8 Å². The van der Waals surface area contributed by atoms with Crippen molar-refractivity contribution in [1.29, 1.82) is 0 Å². The van der Waals surface area contributed by atoms with Crippen LogP contribution < -0.4 is 4.90 Å². The summed E-state index contributed by atoms with van der Waals surface area (Å²) in [7, 11) is 0. The molecule has 0 radical (unpaired) electrons. The smallest absolute Gasteiger partial charge is 0.305 e. The van der Waals surface area contributed by atoms with E-state index in [1.54, 1.807) is 0 Å². The number of aryl methyl sites for hydroxylation is 2. The number of nitrogens with zero attached hydrogens (tertiary/aromatic N) is 1. The quantitative estimate of drug-likeness (QED) is 0.890. The molecule has 98 valence electrons. The highest BCUT2D eigenvalue weighted by molar-refractivity contribution is 5.69. The fraction of sp³-hybridized carbons (Fsp3) is 0.500. The van der Waals surface area contributed by atoms with Crippen LogP contribution in [-0.2, 0) is 9.53 Å². The summed E-state index contributed by atoms with van der Waals surface area (Å²) in [6.45, 7) is 6.02. The van der Waals surface area contributed by atoms with Crippen LogP contribution in [0.2, 0.25) is 0 Å². The van der Waals surface area contributed by atoms with Gasteiger partial charge in [-0.05, 0) is 25.5 Å². The predicted octanol–water partition coefficient (Wildman–Crippen LogP) is 1.98. The fourth-order valence-electron chi connectivity index (χ4n) is 2.47. The molecular weight excluding hydrogens is 230 g/mol. The zero-order valence-electron chi connectivity index (χ0n) is 10.8. The Kier molecular flexibility index (Phi) is 3.87. The first-order chi connectivity index (χ1) is 8.58. The largest absolute Gasteiger partial charge is 0.481 e. The molecule has 1 atom stereocenters. The molecule has 0 aliphatic carbocycles. The first-order valence-corrected chi connectivity index (χ1v) is 6.21. The van der Waals surface area contributed by atoms with E-state index in [4.69, 9.17) is 9.84 Å². The molecule has 0 amide bonds. The van der Waals surface area contributed by atoms with Gasteiger partial charge in [-0.1, -0.05) is 17.7 Å². The highest BCUT2D eigenvalue weighted by Crippen LogP contribution is 2.25. The van der Waals surface area contributed by atoms with Crippen molar-refractivity contribution in [3.05, 3.63) is 29.3 Å². The second kappa shape index (κ2) is 5.40. The van der Waals surface area contributed by atoms with Crippen LogP contribution in [0.25, 0.3) is 0 Å². The van der Waals surface area contributed by atoms with Gasteiger partial charge >= 0.3 is 5.97 Å². The molecule has 1 heterocycles. The van der Waals surface area contributed by atoms with Crippen LogP contribution in [0.1, 0.15) is 17.5 Å². The second-order valence-corrected chi connectivity index (χ2v) is 4.81. The van der Waals surface area contributed by atoms with Gasteiger partial charge in [0, 0.05) is 12.2 Å². The highest BCUT2D eigenvalue weighted by Gasteiger charge is 2.26. The fourth-order valence-corrected chi connectivity index (χ4v) is 2.47. The Labute approximate surface area is 107 Å². The van der Waals surface area contributed by atoms with E-state index >= 15 is 0 Å². The third-order valence-electron chi connectivity index (χ3n) is 3.30. The van der Waals surface area contributed by atoms with Crippen LogP contribution in [0.4, 0.5) is 5.69 Å². The highest BCUT2D eigenvalue weighted by atomic mass is 16.5. The predicted molar refractivity (Wildman–Crippen MR) is 70.1 cm³/mol. The van der Waals surface area contributed by atoms with Crippen molar-refractivity contribution >= 4 is 11.7 Å².